The standard InChI is InChI=1S/C17H17N3O3/c21-12-16-7-8-17(14-2-1-9-18-10-14)19(16)11-13-3-5-15(6-4-13)20(22)23/h1-6,9-10,12,17,21H,7-8,11H2/b16-12-. The molecule has 1 aromatic heterocycles. The molecular formula is C17H17N3O3. The molecule has 6 heteroatoms. The van der Waals surface area contributed by atoms with Crippen molar-refractivity contribution in [3.8, 4) is 0 Å². The summed E-state index contributed by atoms with van der Waals surface area (Å²) in [6.07, 6.45) is 6.44. The van der Waals surface area contributed by atoms with Gasteiger partial charge in [-0.15, -0.1) is 0 Å². The first kappa shape index (κ1) is 15.0. The summed E-state index contributed by atoms with van der Waals surface area (Å²) in [5.74, 6) is 0. The van der Waals surface area contributed by atoms with Gasteiger partial charge in [-0.3, -0.25) is 15.1 Å². The monoisotopic (exact) mass is 311 g/mol. The molecule has 2 aromatic rings. The number of nitro groups is 1. The molecule has 1 aromatic carbocycles. The second-order valence-electron chi connectivity index (χ2n) is 5.51. The highest BCUT2D eigenvalue weighted by atomic mass is 16.6. The molecule has 0 aliphatic carbocycles. The van der Waals surface area contributed by atoms with Gasteiger partial charge in [0.05, 0.1) is 17.2 Å². The molecule has 1 atom stereocenters. The van der Waals surface area contributed by atoms with E-state index in [0.29, 0.717) is 6.54 Å². The summed E-state index contributed by atoms with van der Waals surface area (Å²) in [5, 5.41) is 20.2. The number of rotatable bonds is 4. The van der Waals surface area contributed by atoms with Crippen LogP contribution >= 0.6 is 0 Å². The third kappa shape index (κ3) is 3.15. The molecule has 0 bridgehead atoms. The van der Waals surface area contributed by atoms with Crippen LogP contribution in [0.2, 0.25) is 0 Å². The number of nitrogens with zero attached hydrogens (tertiary/aromatic N) is 3. The maximum Gasteiger partial charge on any atom is 0.269 e. The Bertz CT molecular complexity index is 714. The fraction of sp³-hybridized carbons (Fsp3) is 0.235. The number of aromatic nitrogens is 1. The Labute approximate surface area is 133 Å². The van der Waals surface area contributed by atoms with Gasteiger partial charge < -0.3 is 10.0 Å². The number of benzene rings is 1. The molecule has 23 heavy (non-hydrogen) atoms. The summed E-state index contributed by atoms with van der Waals surface area (Å²) in [4.78, 5) is 16.6. The topological polar surface area (TPSA) is 79.5 Å². The van der Waals surface area contributed by atoms with E-state index in [0.717, 1.165) is 35.9 Å². The molecule has 1 unspecified atom stereocenters. The Morgan fingerprint density at radius 2 is 2.13 bits per heavy atom. The second kappa shape index (κ2) is 6.48. The van der Waals surface area contributed by atoms with Crippen LogP contribution in [0.15, 0.2) is 60.8 Å². The number of nitro benzene ring substituents is 1. The van der Waals surface area contributed by atoms with Crippen LogP contribution in [-0.2, 0) is 6.54 Å². The zero-order valence-electron chi connectivity index (χ0n) is 12.5. The molecule has 1 fully saturated rings. The van der Waals surface area contributed by atoms with Crippen molar-refractivity contribution in [3.05, 3.63) is 82.0 Å². The Morgan fingerprint density at radius 1 is 1.35 bits per heavy atom. The average Bonchev–Trinajstić information content (AvgIpc) is 2.99. The lowest BCUT2D eigenvalue weighted by atomic mass is 10.1. The van der Waals surface area contributed by atoms with E-state index in [-0.39, 0.29) is 11.7 Å². The molecular weight excluding hydrogens is 294 g/mol. The molecule has 0 saturated carbocycles. The van der Waals surface area contributed by atoms with Crippen molar-refractivity contribution in [1.29, 1.82) is 0 Å². The number of allylic oxidation sites excluding steroid dienone is 1. The molecule has 0 radical (unpaired) electrons. The summed E-state index contributed by atoms with van der Waals surface area (Å²) in [7, 11) is 0. The number of aliphatic hydroxyl groups excluding tert-OH is 1. The van der Waals surface area contributed by atoms with E-state index in [1.54, 1.807) is 18.3 Å². The largest absolute Gasteiger partial charge is 0.514 e. The summed E-state index contributed by atoms with van der Waals surface area (Å²) in [6, 6.07) is 10.6. The predicted molar refractivity (Wildman–Crippen MR) is 85.6 cm³/mol. The molecule has 1 aliphatic rings. The van der Waals surface area contributed by atoms with E-state index in [1.807, 2.05) is 18.3 Å². The van der Waals surface area contributed by atoms with E-state index in [4.69, 9.17) is 0 Å². The third-order valence-corrected chi connectivity index (χ3v) is 4.14. The lowest BCUT2D eigenvalue weighted by Gasteiger charge is -2.27. The van der Waals surface area contributed by atoms with Crippen molar-refractivity contribution in [2.45, 2.75) is 25.4 Å². The van der Waals surface area contributed by atoms with Crippen LogP contribution in [0.1, 0.15) is 30.0 Å². The smallest absolute Gasteiger partial charge is 0.269 e. The van der Waals surface area contributed by atoms with Gasteiger partial charge in [-0.25, -0.2) is 0 Å². The fourth-order valence-electron chi connectivity index (χ4n) is 2.97. The maximum absolute atomic E-state index is 10.7. The minimum Gasteiger partial charge on any atom is -0.514 e. The molecule has 1 aliphatic heterocycles. The van der Waals surface area contributed by atoms with Crippen LogP contribution < -0.4 is 0 Å². The van der Waals surface area contributed by atoms with E-state index >= 15 is 0 Å². The molecule has 0 amide bonds. The number of likely N-dealkylation sites (tertiary alicyclic amines) is 1. The molecule has 3 rings (SSSR count). The Balaban J connectivity index is 1.84. The Morgan fingerprint density at radius 3 is 2.74 bits per heavy atom. The highest BCUT2D eigenvalue weighted by Gasteiger charge is 2.29. The van der Waals surface area contributed by atoms with E-state index in [1.165, 1.54) is 12.1 Å². The predicted octanol–water partition coefficient (Wildman–Crippen LogP) is 3.73. The highest BCUT2D eigenvalue weighted by molar-refractivity contribution is 5.33. The van der Waals surface area contributed by atoms with E-state index in [9.17, 15) is 15.2 Å². The zero-order chi connectivity index (χ0) is 16.2. The summed E-state index contributed by atoms with van der Waals surface area (Å²) in [5.41, 5.74) is 3.02. The van der Waals surface area contributed by atoms with E-state index in [2.05, 4.69) is 9.88 Å². The van der Waals surface area contributed by atoms with Gasteiger partial charge in [0.1, 0.15) is 0 Å². The number of aliphatic hydroxyl groups is 1. The van der Waals surface area contributed by atoms with E-state index < -0.39 is 4.92 Å². The van der Waals surface area contributed by atoms with Gasteiger partial charge >= 0.3 is 0 Å². The minimum atomic E-state index is -0.406. The third-order valence-electron chi connectivity index (χ3n) is 4.14. The van der Waals surface area contributed by atoms with Crippen molar-refractivity contribution in [2.24, 2.45) is 0 Å². The second-order valence-corrected chi connectivity index (χ2v) is 5.51. The van der Waals surface area contributed by atoms with Crippen LogP contribution in [0, 0.1) is 10.1 Å². The van der Waals surface area contributed by atoms with Gasteiger partial charge in [0.25, 0.3) is 5.69 Å². The summed E-state index contributed by atoms with van der Waals surface area (Å²) >= 11 is 0. The van der Waals surface area contributed by atoms with Crippen LogP contribution in [0.25, 0.3) is 0 Å². The normalized spacial score (nSPS) is 19.2. The van der Waals surface area contributed by atoms with Gasteiger partial charge in [0.2, 0.25) is 0 Å². The quantitative estimate of drug-likeness (QED) is 0.529. The number of pyridine rings is 1. The van der Waals surface area contributed by atoms with Gasteiger partial charge in [-0.2, -0.15) is 0 Å². The molecule has 6 nitrogen and oxygen atoms in total. The zero-order valence-corrected chi connectivity index (χ0v) is 12.5. The Kier molecular flexibility index (Phi) is 4.23. The lowest BCUT2D eigenvalue weighted by molar-refractivity contribution is -0.384. The van der Waals surface area contributed by atoms with Crippen molar-refractivity contribution in [2.75, 3.05) is 0 Å². The average molecular weight is 311 g/mol. The molecule has 1 N–H and O–H groups in total. The first-order chi connectivity index (χ1) is 11.2. The van der Waals surface area contributed by atoms with Crippen LogP contribution in [0.3, 0.4) is 0 Å². The molecule has 0 spiro atoms. The maximum atomic E-state index is 10.7. The number of non-ortho nitro benzene ring substituents is 1. The number of hydrogen-bond acceptors (Lipinski definition) is 5. The fourth-order valence-corrected chi connectivity index (χ4v) is 2.97. The van der Waals surface area contributed by atoms with Gasteiger partial charge in [-0.1, -0.05) is 18.2 Å². The van der Waals surface area contributed by atoms with Gasteiger partial charge in [0, 0.05) is 36.8 Å². The van der Waals surface area contributed by atoms with Crippen LogP contribution in [0.4, 0.5) is 5.69 Å². The SMILES string of the molecule is O=[N+]([O-])c1ccc(CN2/C(=C\O)CCC2c2cccnc2)cc1. The molecule has 1 saturated heterocycles. The van der Waals surface area contributed by atoms with Crippen LogP contribution in [0.5, 0.6) is 0 Å². The minimum absolute atomic E-state index is 0.0805. The van der Waals surface area contributed by atoms with Gasteiger partial charge in [0.15, 0.2) is 0 Å². The Hall–Kier alpha value is -2.89. The van der Waals surface area contributed by atoms with Crippen molar-refractivity contribution in [1.82, 2.24) is 9.88 Å². The molecule has 2 heterocycles. The molecule has 118 valence electrons. The first-order valence-corrected chi connectivity index (χ1v) is 7.42. The highest BCUT2D eigenvalue weighted by Crippen LogP contribution is 2.39. The van der Waals surface area contributed by atoms with Crippen molar-refractivity contribution >= 4 is 5.69 Å². The first-order valence-electron chi connectivity index (χ1n) is 7.42. The van der Waals surface area contributed by atoms with Crippen LogP contribution in [-0.4, -0.2) is 19.9 Å². The van der Waals surface area contributed by atoms with Crippen molar-refractivity contribution in [3.63, 3.8) is 0 Å². The summed E-state index contributed by atoms with van der Waals surface area (Å²) < 4.78 is 0. The number of hydrogen-bond donors (Lipinski definition) is 1. The lowest BCUT2D eigenvalue weighted by Crippen LogP contribution is -2.21. The van der Waals surface area contributed by atoms with Gasteiger partial charge in [-0.05, 0) is 30.0 Å². The van der Waals surface area contributed by atoms with Crippen molar-refractivity contribution < 1.29 is 10.0 Å². The summed E-state index contributed by atoms with van der Waals surface area (Å²) in [6.45, 7) is 0.587.